The molecule has 126 valence electrons. The summed E-state index contributed by atoms with van der Waals surface area (Å²) in [7, 11) is 0. The van der Waals surface area contributed by atoms with E-state index in [0.717, 1.165) is 11.1 Å². The number of aryl methyl sites for hydroxylation is 2. The van der Waals surface area contributed by atoms with Crippen LogP contribution in [-0.4, -0.2) is 16.5 Å². The molecule has 0 bridgehead atoms. The lowest BCUT2D eigenvalue weighted by Gasteiger charge is -2.13. The van der Waals surface area contributed by atoms with Crippen molar-refractivity contribution in [2.45, 2.75) is 20.8 Å². The Morgan fingerprint density at radius 1 is 1.08 bits per heavy atom. The number of hydrazone groups is 1. The van der Waals surface area contributed by atoms with E-state index in [1.165, 1.54) is 17.1 Å². The highest BCUT2D eigenvalue weighted by atomic mass is 16.6. The third-order valence-corrected chi connectivity index (χ3v) is 4.19. The van der Waals surface area contributed by atoms with E-state index in [1.807, 2.05) is 32.0 Å². The number of carbonyl (C=O) groups excluding carboxylic acids is 1. The van der Waals surface area contributed by atoms with Crippen molar-refractivity contribution in [1.82, 2.24) is 0 Å². The minimum atomic E-state index is -0.458. The first kappa shape index (κ1) is 16.6. The van der Waals surface area contributed by atoms with Crippen LogP contribution in [0.2, 0.25) is 0 Å². The zero-order valence-corrected chi connectivity index (χ0v) is 14.2. The molecule has 0 fully saturated rings. The Balaban J connectivity index is 1.96. The van der Waals surface area contributed by atoms with Crippen LogP contribution in [-0.2, 0) is 4.79 Å². The minimum absolute atomic E-state index is 0.0135. The van der Waals surface area contributed by atoms with Gasteiger partial charge in [0.25, 0.3) is 11.6 Å². The van der Waals surface area contributed by atoms with E-state index >= 15 is 0 Å². The van der Waals surface area contributed by atoms with E-state index in [0.29, 0.717) is 22.5 Å². The van der Waals surface area contributed by atoms with Gasteiger partial charge in [-0.3, -0.25) is 14.9 Å². The summed E-state index contributed by atoms with van der Waals surface area (Å²) in [4.78, 5) is 23.2. The maximum absolute atomic E-state index is 12.7. The van der Waals surface area contributed by atoms with Gasteiger partial charge in [0.05, 0.1) is 21.9 Å². The fourth-order valence-corrected chi connectivity index (χ4v) is 2.61. The van der Waals surface area contributed by atoms with Gasteiger partial charge in [-0.05, 0) is 55.7 Å². The summed E-state index contributed by atoms with van der Waals surface area (Å²) < 4.78 is 0. The predicted octanol–water partition coefficient (Wildman–Crippen LogP) is 4.02. The average molecular weight is 335 g/mol. The van der Waals surface area contributed by atoms with E-state index in [4.69, 9.17) is 0 Å². The van der Waals surface area contributed by atoms with Crippen molar-refractivity contribution in [3.8, 4) is 0 Å². The Hall–Kier alpha value is -3.28. The third-order valence-electron chi connectivity index (χ3n) is 4.19. The Kier molecular flexibility index (Phi) is 4.19. The number of non-ortho nitro benzene ring substituents is 1. The molecule has 0 saturated carbocycles. The van der Waals surface area contributed by atoms with E-state index in [1.54, 1.807) is 25.1 Å². The van der Waals surface area contributed by atoms with Gasteiger partial charge < -0.3 is 0 Å². The monoisotopic (exact) mass is 335 g/mol. The molecular formula is C19H17N3O3. The molecule has 1 aliphatic heterocycles. The van der Waals surface area contributed by atoms with Gasteiger partial charge in [0.15, 0.2) is 0 Å². The van der Waals surface area contributed by atoms with Gasteiger partial charge in [-0.2, -0.15) is 10.1 Å². The van der Waals surface area contributed by atoms with Crippen LogP contribution in [0.5, 0.6) is 0 Å². The SMILES string of the molecule is CC1=NN(c2ccc(C)c(C)c2)C(=O)/C1=C/c1cccc([N+](=O)[O-])c1. The number of nitrogens with zero attached hydrogens (tertiary/aromatic N) is 3. The Bertz CT molecular complexity index is 945. The maximum Gasteiger partial charge on any atom is 0.280 e. The number of amides is 1. The summed E-state index contributed by atoms with van der Waals surface area (Å²) in [5, 5.41) is 16.6. The molecular weight excluding hydrogens is 318 g/mol. The van der Waals surface area contributed by atoms with Crippen LogP contribution < -0.4 is 5.01 Å². The second kappa shape index (κ2) is 6.32. The third kappa shape index (κ3) is 3.19. The number of anilines is 1. The second-order valence-corrected chi connectivity index (χ2v) is 5.98. The molecule has 1 heterocycles. The van der Waals surface area contributed by atoms with E-state index in [-0.39, 0.29) is 11.6 Å². The second-order valence-electron chi connectivity index (χ2n) is 5.98. The topological polar surface area (TPSA) is 75.8 Å². The smallest absolute Gasteiger partial charge is 0.267 e. The molecule has 6 nitrogen and oxygen atoms in total. The van der Waals surface area contributed by atoms with Gasteiger partial charge in [-0.1, -0.05) is 18.2 Å². The van der Waals surface area contributed by atoms with Crippen LogP contribution in [0.1, 0.15) is 23.6 Å². The van der Waals surface area contributed by atoms with Crippen molar-refractivity contribution in [2.24, 2.45) is 5.10 Å². The lowest BCUT2D eigenvalue weighted by Crippen LogP contribution is -2.21. The van der Waals surface area contributed by atoms with Crippen molar-refractivity contribution in [2.75, 3.05) is 5.01 Å². The number of benzene rings is 2. The molecule has 0 saturated heterocycles. The van der Waals surface area contributed by atoms with Gasteiger partial charge in [0.1, 0.15) is 0 Å². The number of rotatable bonds is 3. The Morgan fingerprint density at radius 3 is 2.52 bits per heavy atom. The molecule has 0 aliphatic carbocycles. The molecule has 0 atom stereocenters. The summed E-state index contributed by atoms with van der Waals surface area (Å²) in [6.45, 7) is 5.74. The highest BCUT2D eigenvalue weighted by Crippen LogP contribution is 2.27. The fraction of sp³-hybridized carbons (Fsp3) is 0.158. The van der Waals surface area contributed by atoms with E-state index < -0.39 is 4.92 Å². The van der Waals surface area contributed by atoms with E-state index in [2.05, 4.69) is 5.10 Å². The maximum atomic E-state index is 12.7. The first-order chi connectivity index (χ1) is 11.9. The van der Waals surface area contributed by atoms with Crippen molar-refractivity contribution in [3.05, 3.63) is 74.8 Å². The van der Waals surface area contributed by atoms with Crippen LogP contribution in [0.15, 0.2) is 53.1 Å². The molecule has 1 amide bonds. The highest BCUT2D eigenvalue weighted by Gasteiger charge is 2.28. The summed E-state index contributed by atoms with van der Waals surface area (Å²) in [6, 6.07) is 11.9. The van der Waals surface area contributed by atoms with Crippen LogP contribution in [0.3, 0.4) is 0 Å². The van der Waals surface area contributed by atoms with Gasteiger partial charge in [-0.15, -0.1) is 0 Å². The van der Waals surface area contributed by atoms with Crippen molar-refractivity contribution in [3.63, 3.8) is 0 Å². The number of hydrogen-bond acceptors (Lipinski definition) is 4. The van der Waals surface area contributed by atoms with Crippen LogP contribution in [0, 0.1) is 24.0 Å². The van der Waals surface area contributed by atoms with Gasteiger partial charge in [-0.25, -0.2) is 0 Å². The van der Waals surface area contributed by atoms with Crippen LogP contribution in [0.4, 0.5) is 11.4 Å². The summed E-state index contributed by atoms with van der Waals surface area (Å²) in [6.07, 6.45) is 1.63. The normalized spacial score (nSPS) is 15.6. The van der Waals surface area contributed by atoms with Crippen molar-refractivity contribution in [1.29, 1.82) is 0 Å². The molecule has 1 aliphatic rings. The first-order valence-corrected chi connectivity index (χ1v) is 7.80. The van der Waals surface area contributed by atoms with Gasteiger partial charge >= 0.3 is 0 Å². The van der Waals surface area contributed by atoms with Crippen LogP contribution >= 0.6 is 0 Å². The molecule has 0 N–H and O–H groups in total. The van der Waals surface area contributed by atoms with Crippen molar-refractivity contribution < 1.29 is 9.72 Å². The number of nitro groups is 1. The largest absolute Gasteiger partial charge is 0.280 e. The zero-order valence-electron chi connectivity index (χ0n) is 14.2. The number of hydrogen-bond donors (Lipinski definition) is 0. The molecule has 0 spiro atoms. The summed E-state index contributed by atoms with van der Waals surface area (Å²) in [5.41, 5.74) is 4.51. The number of carbonyl (C=O) groups is 1. The molecule has 0 radical (unpaired) electrons. The predicted molar refractivity (Wildman–Crippen MR) is 97.6 cm³/mol. The van der Waals surface area contributed by atoms with Gasteiger partial charge in [0.2, 0.25) is 0 Å². The molecule has 25 heavy (non-hydrogen) atoms. The average Bonchev–Trinajstić information content (AvgIpc) is 2.86. The van der Waals surface area contributed by atoms with Gasteiger partial charge in [0, 0.05) is 12.1 Å². The van der Waals surface area contributed by atoms with Crippen LogP contribution in [0.25, 0.3) is 6.08 Å². The fourth-order valence-electron chi connectivity index (χ4n) is 2.61. The molecule has 0 unspecified atom stereocenters. The zero-order chi connectivity index (χ0) is 18.1. The lowest BCUT2D eigenvalue weighted by molar-refractivity contribution is -0.384. The quantitative estimate of drug-likeness (QED) is 0.483. The minimum Gasteiger partial charge on any atom is -0.267 e. The summed E-state index contributed by atoms with van der Waals surface area (Å²) in [5.74, 6) is -0.243. The standard InChI is InChI=1S/C19H17N3O3/c1-12-7-8-16(9-13(12)2)21-19(23)18(14(3)20-21)11-15-5-4-6-17(10-15)22(24)25/h4-11H,1-3H3/b18-11+. The highest BCUT2D eigenvalue weighted by molar-refractivity contribution is 6.32. The lowest BCUT2D eigenvalue weighted by atomic mass is 10.1. The molecule has 6 heteroatoms. The molecule has 0 aromatic heterocycles. The molecule has 2 aromatic rings. The van der Waals surface area contributed by atoms with E-state index in [9.17, 15) is 14.9 Å². The molecule has 3 rings (SSSR count). The first-order valence-electron chi connectivity index (χ1n) is 7.80. The Morgan fingerprint density at radius 2 is 1.84 bits per heavy atom. The summed E-state index contributed by atoms with van der Waals surface area (Å²) >= 11 is 0. The number of nitro benzene ring substituents is 1. The molecule has 2 aromatic carbocycles. The Labute approximate surface area is 145 Å². The van der Waals surface area contributed by atoms with Crippen molar-refractivity contribution >= 4 is 29.1 Å².